The molecule has 0 fully saturated rings. The minimum Gasteiger partial charge on any atom is -0.494 e. The normalized spacial score (nSPS) is 10.2. The Morgan fingerprint density at radius 1 is 1.13 bits per heavy atom. The Bertz CT molecular complexity index is 673. The third kappa shape index (κ3) is 4.98. The molecule has 0 unspecified atom stereocenters. The number of hydrogen-bond acceptors (Lipinski definition) is 3. The van der Waals surface area contributed by atoms with Gasteiger partial charge in [-0.3, -0.25) is 4.79 Å². The Balaban J connectivity index is 1.82. The van der Waals surface area contributed by atoms with Crippen molar-refractivity contribution in [3.8, 4) is 11.5 Å². The van der Waals surface area contributed by atoms with E-state index in [9.17, 15) is 9.18 Å². The van der Waals surface area contributed by atoms with Crippen LogP contribution < -0.4 is 14.8 Å². The Morgan fingerprint density at radius 3 is 2.61 bits per heavy atom. The second-order valence-electron chi connectivity index (χ2n) is 5.03. The topological polar surface area (TPSA) is 47.6 Å². The van der Waals surface area contributed by atoms with Gasteiger partial charge >= 0.3 is 0 Å². The van der Waals surface area contributed by atoms with E-state index in [1.165, 1.54) is 12.1 Å². The summed E-state index contributed by atoms with van der Waals surface area (Å²) in [4.78, 5) is 11.8. The molecule has 23 heavy (non-hydrogen) atoms. The summed E-state index contributed by atoms with van der Waals surface area (Å²) in [5, 5.41) is 2.74. The quantitative estimate of drug-likeness (QED) is 0.853. The summed E-state index contributed by atoms with van der Waals surface area (Å²) in [5.41, 5.74) is 1.98. The van der Waals surface area contributed by atoms with Crippen molar-refractivity contribution < 1.29 is 18.7 Å². The van der Waals surface area contributed by atoms with E-state index in [2.05, 4.69) is 5.32 Å². The first-order chi connectivity index (χ1) is 11.1. The molecular formula is C18H20FNO3. The molecular weight excluding hydrogens is 297 g/mol. The van der Waals surface area contributed by atoms with Crippen LogP contribution in [0.25, 0.3) is 0 Å². The number of aryl methyl sites for hydroxylation is 1. The number of hydrogen-bond donors (Lipinski definition) is 1. The molecule has 2 rings (SSSR count). The smallest absolute Gasteiger partial charge is 0.258 e. The highest BCUT2D eigenvalue weighted by Gasteiger charge is 2.07. The second-order valence-corrected chi connectivity index (χ2v) is 5.03. The second kappa shape index (κ2) is 8.17. The molecule has 2 aromatic carbocycles. The molecule has 0 spiro atoms. The average molecular weight is 317 g/mol. The van der Waals surface area contributed by atoms with Crippen LogP contribution in [0.4, 0.5) is 4.39 Å². The van der Waals surface area contributed by atoms with E-state index >= 15 is 0 Å². The van der Waals surface area contributed by atoms with Gasteiger partial charge < -0.3 is 14.8 Å². The zero-order valence-corrected chi connectivity index (χ0v) is 13.3. The molecule has 122 valence electrons. The minimum atomic E-state index is -0.484. The van der Waals surface area contributed by atoms with Gasteiger partial charge in [0.2, 0.25) is 0 Å². The number of para-hydroxylation sites is 1. The molecule has 2 aromatic rings. The fourth-order valence-electron chi connectivity index (χ4n) is 2.10. The average Bonchev–Trinajstić information content (AvgIpc) is 2.54. The van der Waals surface area contributed by atoms with E-state index in [1.54, 1.807) is 12.1 Å². The molecule has 0 heterocycles. The number of benzene rings is 2. The highest BCUT2D eigenvalue weighted by molar-refractivity contribution is 5.77. The molecule has 0 saturated heterocycles. The Morgan fingerprint density at radius 2 is 1.91 bits per heavy atom. The summed E-state index contributed by atoms with van der Waals surface area (Å²) in [5.74, 6) is 0.118. The van der Waals surface area contributed by atoms with Crippen LogP contribution in [0.15, 0.2) is 42.5 Å². The van der Waals surface area contributed by atoms with Gasteiger partial charge in [0.1, 0.15) is 5.75 Å². The van der Waals surface area contributed by atoms with Crippen LogP contribution in [-0.4, -0.2) is 19.1 Å². The van der Waals surface area contributed by atoms with Crippen molar-refractivity contribution in [1.82, 2.24) is 5.32 Å². The molecule has 0 aliphatic rings. The third-order valence-corrected chi connectivity index (χ3v) is 3.22. The third-order valence-electron chi connectivity index (χ3n) is 3.22. The number of amides is 1. The predicted octanol–water partition coefficient (Wildman–Crippen LogP) is 3.23. The van der Waals surface area contributed by atoms with Crippen LogP contribution >= 0.6 is 0 Å². The van der Waals surface area contributed by atoms with Crippen LogP contribution in [0.3, 0.4) is 0 Å². The van der Waals surface area contributed by atoms with E-state index in [1.807, 2.05) is 32.0 Å². The molecule has 1 amide bonds. The highest BCUT2D eigenvalue weighted by Crippen LogP contribution is 2.19. The molecule has 5 heteroatoms. The van der Waals surface area contributed by atoms with E-state index in [0.29, 0.717) is 13.2 Å². The van der Waals surface area contributed by atoms with Crippen molar-refractivity contribution in [3.05, 3.63) is 59.4 Å². The number of rotatable bonds is 7. The zero-order chi connectivity index (χ0) is 16.7. The molecule has 1 N–H and O–H groups in total. The van der Waals surface area contributed by atoms with Gasteiger partial charge in [-0.1, -0.05) is 24.3 Å². The van der Waals surface area contributed by atoms with Crippen molar-refractivity contribution in [2.75, 3.05) is 13.2 Å². The van der Waals surface area contributed by atoms with Crippen LogP contribution in [0.5, 0.6) is 11.5 Å². The van der Waals surface area contributed by atoms with Gasteiger partial charge in [-0.05, 0) is 43.2 Å². The molecule has 4 nitrogen and oxygen atoms in total. The fourth-order valence-corrected chi connectivity index (χ4v) is 2.10. The summed E-state index contributed by atoms with van der Waals surface area (Å²) < 4.78 is 24.0. The summed E-state index contributed by atoms with van der Waals surface area (Å²) in [6.07, 6.45) is 0. The number of nitrogens with one attached hydrogen (secondary N) is 1. The SMILES string of the molecule is CCOc1ccc(CNC(=O)COc2ccccc2F)cc1C. The van der Waals surface area contributed by atoms with Gasteiger partial charge in [-0.2, -0.15) is 0 Å². The summed E-state index contributed by atoms with van der Waals surface area (Å²) in [6, 6.07) is 11.7. The minimum absolute atomic E-state index is 0.0690. The molecule has 0 aliphatic heterocycles. The maximum atomic E-state index is 13.4. The predicted molar refractivity (Wildman–Crippen MR) is 86.1 cm³/mol. The lowest BCUT2D eigenvalue weighted by Gasteiger charge is -2.10. The van der Waals surface area contributed by atoms with Gasteiger partial charge in [-0.15, -0.1) is 0 Å². The molecule has 0 aliphatic carbocycles. The van der Waals surface area contributed by atoms with Gasteiger partial charge in [0, 0.05) is 6.54 Å². The first kappa shape index (κ1) is 16.8. The molecule has 0 bridgehead atoms. The first-order valence-corrected chi connectivity index (χ1v) is 7.46. The summed E-state index contributed by atoms with van der Waals surface area (Å²) in [7, 11) is 0. The Kier molecular flexibility index (Phi) is 5.97. The summed E-state index contributed by atoms with van der Waals surface area (Å²) >= 11 is 0. The van der Waals surface area contributed by atoms with Gasteiger partial charge in [-0.25, -0.2) is 4.39 Å². The Hall–Kier alpha value is -2.56. The molecule has 0 aromatic heterocycles. The number of ether oxygens (including phenoxy) is 2. The van der Waals surface area contributed by atoms with Gasteiger partial charge in [0.05, 0.1) is 6.61 Å². The molecule has 0 radical (unpaired) electrons. The monoisotopic (exact) mass is 317 g/mol. The molecule has 0 atom stereocenters. The number of carbonyl (C=O) groups is 1. The van der Waals surface area contributed by atoms with Crippen molar-refractivity contribution in [2.24, 2.45) is 0 Å². The standard InChI is InChI=1S/C18H20FNO3/c1-3-22-16-9-8-14(10-13(16)2)11-20-18(21)12-23-17-7-5-4-6-15(17)19/h4-10H,3,11-12H2,1-2H3,(H,20,21). The lowest BCUT2D eigenvalue weighted by molar-refractivity contribution is -0.123. The molecule has 0 saturated carbocycles. The number of carbonyl (C=O) groups excluding carboxylic acids is 1. The first-order valence-electron chi connectivity index (χ1n) is 7.46. The van der Waals surface area contributed by atoms with E-state index in [4.69, 9.17) is 9.47 Å². The number of halogens is 1. The Labute approximate surface area is 135 Å². The van der Waals surface area contributed by atoms with Crippen molar-refractivity contribution in [2.45, 2.75) is 20.4 Å². The van der Waals surface area contributed by atoms with Crippen molar-refractivity contribution in [3.63, 3.8) is 0 Å². The van der Waals surface area contributed by atoms with Crippen LogP contribution in [0, 0.1) is 12.7 Å². The van der Waals surface area contributed by atoms with Crippen LogP contribution in [-0.2, 0) is 11.3 Å². The lowest BCUT2D eigenvalue weighted by Crippen LogP contribution is -2.28. The van der Waals surface area contributed by atoms with Crippen LogP contribution in [0.1, 0.15) is 18.1 Å². The lowest BCUT2D eigenvalue weighted by atomic mass is 10.1. The fraction of sp³-hybridized carbons (Fsp3) is 0.278. The van der Waals surface area contributed by atoms with Crippen molar-refractivity contribution in [1.29, 1.82) is 0 Å². The van der Waals surface area contributed by atoms with Gasteiger partial charge in [0.15, 0.2) is 18.2 Å². The zero-order valence-electron chi connectivity index (χ0n) is 13.3. The maximum absolute atomic E-state index is 13.4. The highest BCUT2D eigenvalue weighted by atomic mass is 19.1. The van der Waals surface area contributed by atoms with E-state index < -0.39 is 5.82 Å². The van der Waals surface area contributed by atoms with E-state index in [0.717, 1.165) is 16.9 Å². The van der Waals surface area contributed by atoms with E-state index in [-0.39, 0.29) is 18.3 Å². The maximum Gasteiger partial charge on any atom is 0.258 e. The van der Waals surface area contributed by atoms with Crippen molar-refractivity contribution >= 4 is 5.91 Å². The largest absolute Gasteiger partial charge is 0.494 e. The van der Waals surface area contributed by atoms with Crippen LogP contribution in [0.2, 0.25) is 0 Å². The summed E-state index contributed by atoms with van der Waals surface area (Å²) in [6.45, 7) is 4.66. The van der Waals surface area contributed by atoms with Gasteiger partial charge in [0.25, 0.3) is 5.91 Å².